The molecular weight excluding hydrogens is 299 g/mol. The Morgan fingerprint density at radius 3 is 1.64 bits per heavy atom. The summed E-state index contributed by atoms with van der Waals surface area (Å²) in [5.41, 5.74) is -0.625. The number of unbranched alkanes of at least 4 members (excludes halogenated alkanes) is 4. The molecule has 0 aromatic rings. The van der Waals surface area contributed by atoms with Crippen LogP contribution in [0.5, 0.6) is 0 Å². The van der Waals surface area contributed by atoms with Crippen molar-refractivity contribution < 1.29 is 19.8 Å². The van der Waals surface area contributed by atoms with E-state index >= 15 is 0 Å². The molecule has 0 amide bonds. The molecule has 0 aromatic carbocycles. The predicted octanol–water partition coefficient (Wildman–Crippen LogP) is 4.45. The Bertz CT molecular complexity index is 323. The molecular formula is C17H35O4P. The van der Waals surface area contributed by atoms with Gasteiger partial charge in [-0.25, -0.2) is 0 Å². The van der Waals surface area contributed by atoms with Crippen molar-refractivity contribution in [1.82, 2.24) is 0 Å². The molecule has 2 N–H and O–H groups in total. The Labute approximate surface area is 136 Å². The molecule has 0 rings (SSSR count). The average Bonchev–Trinajstić information content (AvgIpc) is 2.47. The summed E-state index contributed by atoms with van der Waals surface area (Å²) < 4.78 is 0. The monoisotopic (exact) mass is 334 g/mol. The first-order valence-electron chi connectivity index (χ1n) is 8.88. The van der Waals surface area contributed by atoms with Crippen LogP contribution >= 0.6 is 7.26 Å². The van der Waals surface area contributed by atoms with Gasteiger partial charge in [-0.2, -0.15) is 0 Å². The summed E-state index contributed by atoms with van der Waals surface area (Å²) in [6.07, 6.45) is 10.2. The number of rotatable bonds is 14. The van der Waals surface area contributed by atoms with Gasteiger partial charge in [0.25, 0.3) is 0 Å². The Balaban J connectivity index is 5.38. The van der Waals surface area contributed by atoms with Crippen LogP contribution < -0.4 is 0 Å². The summed E-state index contributed by atoms with van der Waals surface area (Å²) in [5.74, 6) is -1.84. The molecule has 1 atom stereocenters. The third-order valence-electron chi connectivity index (χ3n) is 4.75. The third kappa shape index (κ3) is 7.58. The standard InChI is InChI=1S/C17H35O4P/c1-4-7-10-13-22(11-8-5-2,12-9-6-3)15(17(20)21)14-16(18)19/h15,22H,4-14H2,1-3H3,(H,18,19)(H,20,21). The van der Waals surface area contributed by atoms with Crippen molar-refractivity contribution in [2.45, 2.75) is 77.8 Å². The molecule has 0 saturated carbocycles. The van der Waals surface area contributed by atoms with Crippen LogP contribution in [0.3, 0.4) is 0 Å². The second-order valence-electron chi connectivity index (χ2n) is 6.52. The van der Waals surface area contributed by atoms with Gasteiger partial charge < -0.3 is 0 Å². The van der Waals surface area contributed by atoms with Gasteiger partial charge in [0.15, 0.2) is 0 Å². The predicted molar refractivity (Wildman–Crippen MR) is 95.9 cm³/mol. The van der Waals surface area contributed by atoms with Crippen molar-refractivity contribution in [3.05, 3.63) is 0 Å². The number of carboxylic acids is 2. The Hall–Kier alpha value is -0.630. The maximum absolute atomic E-state index is 11.8. The number of carboxylic acid groups (broad SMARTS) is 2. The first-order valence-corrected chi connectivity index (χ1v) is 11.6. The Morgan fingerprint density at radius 2 is 1.27 bits per heavy atom. The van der Waals surface area contributed by atoms with Crippen LogP contribution in [0.25, 0.3) is 0 Å². The van der Waals surface area contributed by atoms with Gasteiger partial charge >= 0.3 is 135 Å². The molecule has 0 aliphatic rings. The van der Waals surface area contributed by atoms with Gasteiger partial charge in [-0.3, -0.25) is 0 Å². The summed E-state index contributed by atoms with van der Waals surface area (Å²) in [6.45, 7) is 6.39. The zero-order valence-corrected chi connectivity index (χ0v) is 15.6. The van der Waals surface area contributed by atoms with E-state index in [4.69, 9.17) is 0 Å². The molecule has 0 radical (unpaired) electrons. The molecule has 0 aliphatic heterocycles. The molecule has 132 valence electrons. The molecule has 5 heteroatoms. The summed E-state index contributed by atoms with van der Waals surface area (Å²) >= 11 is 0. The summed E-state index contributed by atoms with van der Waals surface area (Å²) in [4.78, 5) is 23.0. The summed E-state index contributed by atoms with van der Waals surface area (Å²) in [5, 5.41) is 18.9. The Kier molecular flexibility index (Phi) is 11.5. The van der Waals surface area contributed by atoms with Gasteiger partial charge in [0, 0.05) is 0 Å². The van der Waals surface area contributed by atoms with Crippen LogP contribution in [0.4, 0.5) is 0 Å². The maximum atomic E-state index is 11.8. The van der Waals surface area contributed by atoms with Crippen LogP contribution in [0.15, 0.2) is 0 Å². The van der Waals surface area contributed by atoms with Crippen molar-refractivity contribution in [1.29, 1.82) is 0 Å². The van der Waals surface area contributed by atoms with E-state index in [1.165, 1.54) is 0 Å². The minimum absolute atomic E-state index is 0.193. The van der Waals surface area contributed by atoms with Gasteiger partial charge in [0.1, 0.15) is 0 Å². The van der Waals surface area contributed by atoms with Crippen molar-refractivity contribution in [2.24, 2.45) is 0 Å². The Morgan fingerprint density at radius 1 is 0.818 bits per heavy atom. The number of hydrogen-bond acceptors (Lipinski definition) is 2. The summed E-state index contributed by atoms with van der Waals surface area (Å²) in [7, 11) is -2.11. The first kappa shape index (κ1) is 21.4. The first-order chi connectivity index (χ1) is 10.4. The fraction of sp³-hybridized carbons (Fsp3) is 0.882. The third-order valence-corrected chi connectivity index (χ3v) is 10.7. The fourth-order valence-electron chi connectivity index (χ4n) is 3.42. The summed E-state index contributed by atoms with van der Waals surface area (Å²) in [6, 6.07) is 0. The molecule has 4 nitrogen and oxygen atoms in total. The van der Waals surface area contributed by atoms with Crippen molar-refractivity contribution >= 4 is 19.2 Å². The number of carbonyl (C=O) groups is 2. The molecule has 0 fully saturated rings. The van der Waals surface area contributed by atoms with Gasteiger partial charge in [-0.05, 0) is 0 Å². The van der Waals surface area contributed by atoms with E-state index in [-0.39, 0.29) is 6.42 Å². The van der Waals surface area contributed by atoms with Gasteiger partial charge in [-0.15, -0.1) is 0 Å². The van der Waals surface area contributed by atoms with Crippen LogP contribution in [0, 0.1) is 0 Å². The van der Waals surface area contributed by atoms with Crippen molar-refractivity contribution in [3.63, 3.8) is 0 Å². The molecule has 0 bridgehead atoms. The SMILES string of the molecule is CCCCC[PH](CCCC)(CCCC)C(CC(=O)O)C(=O)O. The second-order valence-corrected chi connectivity index (χ2v) is 11.4. The van der Waals surface area contributed by atoms with Crippen LogP contribution in [0.2, 0.25) is 0 Å². The van der Waals surface area contributed by atoms with Gasteiger partial charge in [-0.1, -0.05) is 0 Å². The molecule has 0 heterocycles. The van der Waals surface area contributed by atoms with E-state index in [0.717, 1.165) is 63.4 Å². The van der Waals surface area contributed by atoms with E-state index < -0.39 is 24.9 Å². The number of hydrogen-bond donors (Lipinski definition) is 2. The molecule has 0 aromatic heterocycles. The van der Waals surface area contributed by atoms with Crippen molar-refractivity contribution in [2.75, 3.05) is 18.5 Å². The molecule has 0 saturated heterocycles. The molecule has 0 aliphatic carbocycles. The second kappa shape index (κ2) is 11.9. The van der Waals surface area contributed by atoms with Crippen LogP contribution in [-0.4, -0.2) is 46.3 Å². The fourth-order valence-corrected chi connectivity index (χ4v) is 9.42. The zero-order valence-electron chi connectivity index (χ0n) is 14.6. The zero-order chi connectivity index (χ0) is 17.0. The van der Waals surface area contributed by atoms with Crippen LogP contribution in [-0.2, 0) is 9.59 Å². The normalized spacial score (nSPS) is 13.8. The van der Waals surface area contributed by atoms with E-state index in [1.54, 1.807) is 0 Å². The van der Waals surface area contributed by atoms with Crippen LogP contribution in [0.1, 0.15) is 72.1 Å². The quantitative estimate of drug-likeness (QED) is 0.363. The van der Waals surface area contributed by atoms with Gasteiger partial charge in [0.2, 0.25) is 0 Å². The van der Waals surface area contributed by atoms with E-state index in [2.05, 4.69) is 20.8 Å². The van der Waals surface area contributed by atoms with Gasteiger partial charge in [0.05, 0.1) is 0 Å². The van der Waals surface area contributed by atoms with E-state index in [9.17, 15) is 19.8 Å². The van der Waals surface area contributed by atoms with Crippen molar-refractivity contribution in [3.8, 4) is 0 Å². The molecule has 22 heavy (non-hydrogen) atoms. The molecule has 1 unspecified atom stereocenters. The van der Waals surface area contributed by atoms with E-state index in [1.807, 2.05) is 0 Å². The number of aliphatic carboxylic acids is 2. The minimum atomic E-state index is -2.11. The van der Waals surface area contributed by atoms with E-state index in [0.29, 0.717) is 0 Å². The topological polar surface area (TPSA) is 74.6 Å². The average molecular weight is 334 g/mol. The molecule has 0 spiro atoms.